The van der Waals surface area contributed by atoms with Crippen LogP contribution in [0, 0.1) is 11.3 Å². The van der Waals surface area contributed by atoms with Crippen LogP contribution in [0.4, 0.5) is 0 Å². The van der Waals surface area contributed by atoms with Crippen molar-refractivity contribution in [3.63, 3.8) is 0 Å². The predicted molar refractivity (Wildman–Crippen MR) is 73.7 cm³/mol. The third-order valence-electron chi connectivity index (χ3n) is 5.04. The van der Waals surface area contributed by atoms with Gasteiger partial charge >= 0.3 is 0 Å². The molecule has 2 bridgehead atoms. The fourth-order valence-electron chi connectivity index (χ4n) is 4.09. The molecule has 4 rings (SSSR count). The fraction of sp³-hybridized carbons (Fsp3) is 0.412. The molecule has 0 aliphatic heterocycles. The smallest absolute Gasteiger partial charge is 0.119 e. The van der Waals surface area contributed by atoms with Gasteiger partial charge in [-0.1, -0.05) is 30.4 Å². The maximum absolute atomic E-state index is 5.31. The summed E-state index contributed by atoms with van der Waals surface area (Å²) in [4.78, 5) is 0. The third-order valence-corrected chi connectivity index (χ3v) is 5.04. The van der Waals surface area contributed by atoms with E-state index in [1.165, 1.54) is 30.4 Å². The lowest BCUT2D eigenvalue weighted by atomic mass is 9.73. The number of methoxy groups -OCH3 is 1. The van der Waals surface area contributed by atoms with E-state index in [4.69, 9.17) is 4.74 Å². The number of fused-ring (bicyclic) bond motifs is 3. The molecule has 0 radical (unpaired) electrons. The van der Waals surface area contributed by atoms with E-state index >= 15 is 0 Å². The Morgan fingerprint density at radius 2 is 2.22 bits per heavy atom. The molecule has 1 nitrogen and oxygen atoms in total. The van der Waals surface area contributed by atoms with Crippen LogP contribution in [-0.4, -0.2) is 7.11 Å². The highest BCUT2D eigenvalue weighted by Gasteiger charge is 2.47. The zero-order valence-corrected chi connectivity index (χ0v) is 10.7. The minimum absolute atomic E-state index is 0.418. The summed E-state index contributed by atoms with van der Waals surface area (Å²) in [5.74, 6) is 2.39. The summed E-state index contributed by atoms with van der Waals surface area (Å²) >= 11 is 0. The zero-order chi connectivity index (χ0) is 12.2. The van der Waals surface area contributed by atoms with Gasteiger partial charge in [-0.3, -0.25) is 0 Å². The van der Waals surface area contributed by atoms with Crippen LogP contribution in [0.15, 0.2) is 36.4 Å². The molecule has 0 spiro atoms. The van der Waals surface area contributed by atoms with Crippen LogP contribution in [0.5, 0.6) is 5.75 Å². The highest BCUT2D eigenvalue weighted by atomic mass is 16.5. The Balaban J connectivity index is 1.75. The van der Waals surface area contributed by atoms with Crippen molar-refractivity contribution in [1.82, 2.24) is 0 Å². The minimum atomic E-state index is 0.418. The van der Waals surface area contributed by atoms with E-state index in [2.05, 4.69) is 42.5 Å². The van der Waals surface area contributed by atoms with Crippen LogP contribution in [-0.2, 0) is 0 Å². The van der Waals surface area contributed by atoms with Crippen LogP contribution >= 0.6 is 0 Å². The first kappa shape index (κ1) is 10.4. The molecule has 0 N–H and O–H groups in total. The minimum Gasteiger partial charge on any atom is -0.497 e. The average molecular weight is 238 g/mol. The summed E-state index contributed by atoms with van der Waals surface area (Å²) in [5.41, 5.74) is 3.25. The van der Waals surface area contributed by atoms with Gasteiger partial charge in [0.15, 0.2) is 0 Å². The van der Waals surface area contributed by atoms with Crippen molar-refractivity contribution in [3.8, 4) is 5.75 Å². The molecular formula is C17H18O. The summed E-state index contributed by atoms with van der Waals surface area (Å²) < 4.78 is 5.31. The normalized spacial score (nSPS) is 35.2. The molecule has 3 aliphatic carbocycles. The highest BCUT2D eigenvalue weighted by molar-refractivity contribution is 5.65. The first-order valence-electron chi connectivity index (χ1n) is 6.86. The number of benzene rings is 1. The second-order valence-electron chi connectivity index (χ2n) is 5.93. The van der Waals surface area contributed by atoms with Gasteiger partial charge in [0.25, 0.3) is 0 Å². The number of hydrogen-bond donors (Lipinski definition) is 0. The molecule has 1 fully saturated rings. The molecule has 1 saturated carbocycles. The van der Waals surface area contributed by atoms with Gasteiger partial charge in [-0.05, 0) is 53.9 Å². The molecule has 92 valence electrons. The molecule has 3 aliphatic rings. The first-order chi connectivity index (χ1) is 8.81. The summed E-state index contributed by atoms with van der Waals surface area (Å²) in [7, 11) is 1.73. The van der Waals surface area contributed by atoms with Crippen LogP contribution in [0.1, 0.15) is 36.3 Å². The molecule has 0 amide bonds. The Morgan fingerprint density at radius 3 is 2.89 bits per heavy atom. The van der Waals surface area contributed by atoms with Gasteiger partial charge in [0, 0.05) is 5.92 Å². The molecule has 0 heterocycles. The number of ether oxygens (including phenoxy) is 1. The van der Waals surface area contributed by atoms with Crippen molar-refractivity contribution in [2.75, 3.05) is 7.11 Å². The lowest BCUT2D eigenvalue weighted by Gasteiger charge is -2.31. The fourth-order valence-corrected chi connectivity index (χ4v) is 4.09. The molecule has 1 aromatic rings. The van der Waals surface area contributed by atoms with Crippen molar-refractivity contribution >= 4 is 6.08 Å². The molecule has 3 unspecified atom stereocenters. The largest absolute Gasteiger partial charge is 0.497 e. The van der Waals surface area contributed by atoms with Crippen LogP contribution in [0.3, 0.4) is 0 Å². The SMILES string of the molecule is COc1ccc2c(c1)C=CC2C12C=CC(CC1)C2. The van der Waals surface area contributed by atoms with Crippen LogP contribution in [0.25, 0.3) is 6.08 Å². The van der Waals surface area contributed by atoms with Crippen LogP contribution in [0.2, 0.25) is 0 Å². The maximum Gasteiger partial charge on any atom is 0.119 e. The second-order valence-corrected chi connectivity index (χ2v) is 5.93. The van der Waals surface area contributed by atoms with E-state index in [1.54, 1.807) is 7.11 Å². The van der Waals surface area contributed by atoms with Crippen molar-refractivity contribution in [2.24, 2.45) is 11.3 Å². The summed E-state index contributed by atoms with van der Waals surface area (Å²) in [6, 6.07) is 6.52. The van der Waals surface area contributed by atoms with E-state index < -0.39 is 0 Å². The Labute approximate surface area is 108 Å². The van der Waals surface area contributed by atoms with Gasteiger partial charge < -0.3 is 4.74 Å². The number of allylic oxidation sites excluding steroid dienone is 3. The highest BCUT2D eigenvalue weighted by Crippen LogP contribution is 2.59. The lowest BCUT2D eigenvalue weighted by Crippen LogP contribution is -2.20. The molecule has 0 saturated heterocycles. The second kappa shape index (κ2) is 3.50. The maximum atomic E-state index is 5.31. The topological polar surface area (TPSA) is 9.23 Å². The van der Waals surface area contributed by atoms with Gasteiger partial charge in [0.05, 0.1) is 7.11 Å². The van der Waals surface area contributed by atoms with Crippen LogP contribution < -0.4 is 4.74 Å². The number of hydrogen-bond acceptors (Lipinski definition) is 1. The number of rotatable bonds is 2. The van der Waals surface area contributed by atoms with Crippen molar-refractivity contribution in [3.05, 3.63) is 47.6 Å². The predicted octanol–water partition coefficient (Wildman–Crippen LogP) is 4.16. The van der Waals surface area contributed by atoms with E-state index in [1.807, 2.05) is 0 Å². The Kier molecular flexibility index (Phi) is 2.03. The van der Waals surface area contributed by atoms with Gasteiger partial charge in [-0.15, -0.1) is 0 Å². The molecule has 1 heteroatoms. The monoisotopic (exact) mass is 238 g/mol. The van der Waals surface area contributed by atoms with Gasteiger partial charge in [-0.25, -0.2) is 0 Å². The van der Waals surface area contributed by atoms with Gasteiger partial charge in [0.1, 0.15) is 5.75 Å². The summed E-state index contributed by atoms with van der Waals surface area (Å²) in [6.07, 6.45) is 13.7. The molecule has 18 heavy (non-hydrogen) atoms. The lowest BCUT2D eigenvalue weighted by molar-refractivity contribution is 0.362. The van der Waals surface area contributed by atoms with Crippen molar-refractivity contribution in [2.45, 2.75) is 25.2 Å². The van der Waals surface area contributed by atoms with E-state index in [0.717, 1.165) is 11.7 Å². The first-order valence-corrected chi connectivity index (χ1v) is 6.86. The van der Waals surface area contributed by atoms with Crippen molar-refractivity contribution < 1.29 is 4.74 Å². The Morgan fingerprint density at radius 1 is 1.28 bits per heavy atom. The van der Waals surface area contributed by atoms with Gasteiger partial charge in [-0.2, -0.15) is 0 Å². The van der Waals surface area contributed by atoms with E-state index in [0.29, 0.717) is 11.3 Å². The van der Waals surface area contributed by atoms with Crippen molar-refractivity contribution in [1.29, 1.82) is 0 Å². The summed E-state index contributed by atoms with van der Waals surface area (Å²) in [5, 5.41) is 0. The molecule has 0 aromatic heterocycles. The standard InChI is InChI=1S/C17H18O/c1-18-14-3-4-15-13(10-14)2-5-16(15)17-8-6-12(11-17)7-9-17/h2-6,8,10,12,16H,7,9,11H2,1H3. The summed E-state index contributed by atoms with van der Waals surface area (Å²) in [6.45, 7) is 0. The quantitative estimate of drug-likeness (QED) is 0.703. The zero-order valence-electron chi connectivity index (χ0n) is 10.7. The average Bonchev–Trinajstić information content (AvgIpc) is 3.11. The van der Waals surface area contributed by atoms with E-state index in [9.17, 15) is 0 Å². The molecule has 1 aromatic carbocycles. The molecular weight excluding hydrogens is 220 g/mol. The Hall–Kier alpha value is -1.50. The third kappa shape index (κ3) is 1.28. The molecule has 3 atom stereocenters. The van der Waals surface area contributed by atoms with E-state index in [-0.39, 0.29) is 0 Å². The Bertz CT molecular complexity index is 555. The van der Waals surface area contributed by atoms with Gasteiger partial charge in [0.2, 0.25) is 0 Å².